The minimum absolute atomic E-state index is 0.0317. The first-order valence-electron chi connectivity index (χ1n) is 18.8. The summed E-state index contributed by atoms with van der Waals surface area (Å²) in [6.45, 7) is 2.93. The van der Waals surface area contributed by atoms with Crippen LogP contribution in [0.4, 0.5) is 10.2 Å². The lowest BCUT2D eigenvalue weighted by Crippen LogP contribution is -2.35. The van der Waals surface area contributed by atoms with Gasteiger partial charge in [0.15, 0.2) is 5.82 Å². The molecular formula is C38H56FN6O6P. The number of nitrogen functional groups attached to an aromatic ring is 1. The highest BCUT2D eigenvalue weighted by Crippen LogP contribution is 2.42. The molecule has 0 aliphatic carbocycles. The molecule has 2 aromatic heterocycles. The summed E-state index contributed by atoms with van der Waals surface area (Å²) in [5.74, 6) is -0.158. The number of nitrogens with two attached hydrogens (primary N) is 1. The second-order valence-corrected chi connectivity index (χ2v) is 14.6. The van der Waals surface area contributed by atoms with E-state index in [1.165, 1.54) is 95.3 Å². The minimum atomic E-state index is -2.34. The molecule has 4 unspecified atom stereocenters. The van der Waals surface area contributed by atoms with Crippen molar-refractivity contribution in [1.29, 1.82) is 10.7 Å². The first-order chi connectivity index (χ1) is 25.4. The molecule has 1 fully saturated rings. The summed E-state index contributed by atoms with van der Waals surface area (Å²) in [6.07, 6.45) is 19.2. The Morgan fingerprint density at radius 1 is 1.08 bits per heavy atom. The predicted molar refractivity (Wildman–Crippen MR) is 199 cm³/mol. The third-order valence-corrected chi connectivity index (χ3v) is 10.1. The summed E-state index contributed by atoms with van der Waals surface area (Å²) in [5, 5.41) is 21.6. The van der Waals surface area contributed by atoms with E-state index >= 15 is 0 Å². The van der Waals surface area contributed by atoms with Crippen LogP contribution in [0.1, 0.15) is 126 Å². The molecule has 1 aromatic carbocycles. The molecule has 1 aliphatic heterocycles. The van der Waals surface area contributed by atoms with Gasteiger partial charge in [0, 0.05) is 12.8 Å². The smallest absolute Gasteiger partial charge is 0.330 e. The summed E-state index contributed by atoms with van der Waals surface area (Å²) < 4.78 is 45.2. The number of halogens is 1. The normalized spacial score (nSPS) is 18.5. The number of nitrogens with zero attached hydrogens (tertiary/aromatic N) is 4. The van der Waals surface area contributed by atoms with Crippen molar-refractivity contribution in [2.24, 2.45) is 0 Å². The fourth-order valence-corrected chi connectivity index (χ4v) is 7.10. The quantitative estimate of drug-likeness (QED) is 0.0391. The summed E-state index contributed by atoms with van der Waals surface area (Å²) in [5.41, 5.74) is 7.09. The molecular weight excluding hydrogens is 686 g/mol. The first kappa shape index (κ1) is 41.7. The highest BCUT2D eigenvalue weighted by Gasteiger charge is 2.41. The topological polar surface area (TPSA) is 170 Å². The Kier molecular flexibility index (Phi) is 18.3. The van der Waals surface area contributed by atoms with Gasteiger partial charge in [-0.25, -0.2) is 13.9 Å². The number of nitriles is 1. The largest absolute Gasteiger partial charge is 0.382 e. The maximum atomic E-state index is 14.0. The van der Waals surface area contributed by atoms with Crippen LogP contribution in [0.15, 0.2) is 36.7 Å². The maximum Gasteiger partial charge on any atom is 0.330 e. The van der Waals surface area contributed by atoms with Crippen molar-refractivity contribution in [1.82, 2.24) is 14.6 Å². The fourth-order valence-electron chi connectivity index (χ4n) is 6.40. The van der Waals surface area contributed by atoms with Crippen LogP contribution in [-0.4, -0.2) is 63.8 Å². The van der Waals surface area contributed by atoms with Gasteiger partial charge >= 0.3 is 8.60 Å². The third-order valence-electron chi connectivity index (χ3n) is 9.37. The second-order valence-electron chi connectivity index (χ2n) is 13.6. The second kappa shape index (κ2) is 22.9. The molecule has 0 bridgehead atoms. The number of hydrogen-bond acceptors (Lipinski definition) is 11. The van der Waals surface area contributed by atoms with Crippen LogP contribution in [0.3, 0.4) is 0 Å². The van der Waals surface area contributed by atoms with Gasteiger partial charge in [-0.15, -0.1) is 0 Å². The van der Waals surface area contributed by atoms with Crippen molar-refractivity contribution < 1.29 is 32.5 Å². The number of nitrogens with one attached hydrogen (secondary N) is 1. The number of benzene rings is 1. The minimum Gasteiger partial charge on any atom is -0.382 e. The molecule has 4 atom stereocenters. The van der Waals surface area contributed by atoms with Crippen LogP contribution >= 0.6 is 8.60 Å². The van der Waals surface area contributed by atoms with Gasteiger partial charge in [-0.2, -0.15) is 10.4 Å². The zero-order valence-corrected chi connectivity index (χ0v) is 31.4. The highest BCUT2D eigenvalue weighted by atomic mass is 31.2. The lowest BCUT2D eigenvalue weighted by atomic mass is 10.0. The SMILES string of the molecule is CCCCCCCCCCCCCCCOCC(COP(O)OCC1(C=N)CCC(c2ccc3c(N)ncnn23)O1)OCc1cc(F)cc(C#N)c1. The van der Waals surface area contributed by atoms with E-state index in [-0.39, 0.29) is 38.1 Å². The average Bonchev–Trinajstić information content (AvgIpc) is 3.78. The summed E-state index contributed by atoms with van der Waals surface area (Å²) >= 11 is 0. The third kappa shape index (κ3) is 13.7. The fraction of sp³-hybridized carbons (Fsp3) is 0.632. The van der Waals surface area contributed by atoms with Crippen molar-refractivity contribution in [3.05, 3.63) is 59.3 Å². The summed E-state index contributed by atoms with van der Waals surface area (Å²) in [7, 11) is -2.34. The summed E-state index contributed by atoms with van der Waals surface area (Å²) in [4.78, 5) is 14.7. The number of fused-ring (bicyclic) bond motifs is 1. The Hall–Kier alpha value is -3.08. The van der Waals surface area contributed by atoms with Crippen LogP contribution in [0, 0.1) is 22.6 Å². The van der Waals surface area contributed by atoms with E-state index in [0.29, 0.717) is 36.3 Å². The van der Waals surface area contributed by atoms with Gasteiger partial charge in [-0.05, 0) is 55.2 Å². The zero-order valence-electron chi connectivity index (χ0n) is 30.5. The molecule has 3 aromatic rings. The lowest BCUT2D eigenvalue weighted by molar-refractivity contribution is -0.0519. The van der Waals surface area contributed by atoms with Crippen molar-refractivity contribution >= 4 is 26.2 Å². The van der Waals surface area contributed by atoms with Gasteiger partial charge < -0.3 is 39.3 Å². The van der Waals surface area contributed by atoms with E-state index in [1.807, 2.05) is 18.2 Å². The van der Waals surface area contributed by atoms with E-state index in [4.69, 9.17) is 34.4 Å². The predicted octanol–water partition coefficient (Wildman–Crippen LogP) is 8.51. The number of anilines is 1. The zero-order chi connectivity index (χ0) is 37.0. The van der Waals surface area contributed by atoms with Gasteiger partial charge in [0.2, 0.25) is 0 Å². The molecule has 1 saturated heterocycles. The average molecular weight is 743 g/mol. The molecule has 0 radical (unpaired) electrons. The molecule has 52 heavy (non-hydrogen) atoms. The van der Waals surface area contributed by atoms with Crippen molar-refractivity contribution in [2.75, 3.05) is 32.2 Å². The van der Waals surface area contributed by atoms with Crippen LogP contribution in [-0.2, 0) is 29.9 Å². The molecule has 4 N–H and O–H groups in total. The lowest BCUT2D eigenvalue weighted by Gasteiger charge is -2.26. The Balaban J connectivity index is 1.18. The molecule has 0 amide bonds. The highest BCUT2D eigenvalue weighted by molar-refractivity contribution is 7.40. The van der Waals surface area contributed by atoms with E-state index in [0.717, 1.165) is 18.5 Å². The molecule has 286 valence electrons. The molecule has 12 nitrogen and oxygen atoms in total. The van der Waals surface area contributed by atoms with Crippen molar-refractivity contribution in [3.8, 4) is 6.07 Å². The van der Waals surface area contributed by atoms with Crippen LogP contribution in [0.25, 0.3) is 5.52 Å². The molecule has 1 aliphatic rings. The van der Waals surface area contributed by atoms with Crippen LogP contribution in [0.2, 0.25) is 0 Å². The Morgan fingerprint density at radius 2 is 1.79 bits per heavy atom. The Bertz CT molecular complexity index is 1540. The van der Waals surface area contributed by atoms with Gasteiger partial charge in [-0.1, -0.05) is 84.0 Å². The molecule has 4 rings (SSSR count). The maximum absolute atomic E-state index is 14.0. The number of rotatable bonds is 27. The van der Waals surface area contributed by atoms with Gasteiger partial charge in [0.05, 0.1) is 43.8 Å². The van der Waals surface area contributed by atoms with Crippen LogP contribution in [0.5, 0.6) is 0 Å². The van der Waals surface area contributed by atoms with Gasteiger partial charge in [0.25, 0.3) is 0 Å². The van der Waals surface area contributed by atoms with Crippen molar-refractivity contribution in [2.45, 2.75) is 128 Å². The Labute approximate surface area is 308 Å². The van der Waals surface area contributed by atoms with Gasteiger partial charge in [-0.3, -0.25) is 0 Å². The number of unbranched alkanes of at least 4 members (excludes halogenated alkanes) is 12. The Morgan fingerprint density at radius 3 is 2.48 bits per heavy atom. The molecule has 14 heteroatoms. The molecule has 0 saturated carbocycles. The number of hydrogen-bond donors (Lipinski definition) is 3. The molecule has 0 spiro atoms. The summed E-state index contributed by atoms with van der Waals surface area (Å²) in [6, 6.07) is 9.72. The van der Waals surface area contributed by atoms with Crippen molar-refractivity contribution in [3.63, 3.8) is 0 Å². The standard InChI is InChI=1S/C38H56FN6O6P/c1-2-3-4-5-6-7-8-9-10-11-12-13-14-19-47-25-33(48-24-31-20-30(23-40)21-32(39)22-31)26-49-52(46)50-28-38(27-41)18-17-36(51-38)34-15-16-35-37(42)43-29-44-45(34)35/h15-16,20-22,27,29,33,36,41,46H,2-14,17-19,24-26,28H2,1H3,(H2,42,43,44). The number of aromatic nitrogens is 3. The monoisotopic (exact) mass is 742 g/mol. The molecule has 3 heterocycles. The first-order valence-corrected chi connectivity index (χ1v) is 19.9. The van der Waals surface area contributed by atoms with Crippen LogP contribution < -0.4 is 5.73 Å². The van der Waals surface area contributed by atoms with E-state index in [1.54, 1.807) is 10.6 Å². The van der Waals surface area contributed by atoms with E-state index < -0.39 is 26.1 Å². The van der Waals surface area contributed by atoms with E-state index in [9.17, 15) is 14.5 Å². The van der Waals surface area contributed by atoms with Gasteiger partial charge in [0.1, 0.15) is 35.5 Å². The van der Waals surface area contributed by atoms with E-state index in [2.05, 4.69) is 17.0 Å². The number of ether oxygens (including phenoxy) is 3.